The number of carbonyl (C=O) groups excluding carboxylic acids is 1. The SMILES string of the molecule is COc1ccc(OC)c(NC(=O)CSCc2cc(=O)c3cccc(F)c3[nH]2)c1. The van der Waals surface area contributed by atoms with Crippen molar-refractivity contribution < 1.29 is 18.7 Å². The molecule has 0 radical (unpaired) electrons. The Bertz CT molecular complexity index is 1070. The van der Waals surface area contributed by atoms with E-state index in [1.54, 1.807) is 24.3 Å². The van der Waals surface area contributed by atoms with E-state index in [0.29, 0.717) is 34.0 Å². The number of halogens is 1. The first-order valence-corrected chi connectivity index (χ1v) is 9.57. The molecule has 6 nitrogen and oxygen atoms in total. The molecular formula is C20H19FN2O4S. The minimum absolute atomic E-state index is 0.150. The Labute approximate surface area is 165 Å². The van der Waals surface area contributed by atoms with E-state index >= 15 is 0 Å². The van der Waals surface area contributed by atoms with Crippen LogP contribution in [-0.2, 0) is 10.5 Å². The fourth-order valence-corrected chi connectivity index (χ4v) is 3.45. The summed E-state index contributed by atoms with van der Waals surface area (Å²) in [6, 6.07) is 10.9. The smallest absolute Gasteiger partial charge is 0.234 e. The molecule has 1 amide bonds. The highest BCUT2D eigenvalue weighted by Gasteiger charge is 2.11. The number of methoxy groups -OCH3 is 2. The van der Waals surface area contributed by atoms with Crippen molar-refractivity contribution in [1.29, 1.82) is 0 Å². The maximum Gasteiger partial charge on any atom is 0.234 e. The second-order valence-electron chi connectivity index (χ2n) is 5.93. The summed E-state index contributed by atoms with van der Waals surface area (Å²) in [7, 11) is 3.05. The molecule has 1 aromatic heterocycles. The fourth-order valence-electron chi connectivity index (χ4n) is 2.72. The highest BCUT2D eigenvalue weighted by atomic mass is 32.2. The molecule has 0 aliphatic heterocycles. The summed E-state index contributed by atoms with van der Waals surface area (Å²) in [5.41, 5.74) is 0.985. The molecule has 0 aliphatic carbocycles. The minimum Gasteiger partial charge on any atom is -0.497 e. The highest BCUT2D eigenvalue weighted by Crippen LogP contribution is 2.29. The summed E-state index contributed by atoms with van der Waals surface area (Å²) in [6.45, 7) is 0. The van der Waals surface area contributed by atoms with E-state index in [4.69, 9.17) is 9.47 Å². The maximum atomic E-state index is 13.9. The lowest BCUT2D eigenvalue weighted by Gasteiger charge is -2.11. The number of pyridine rings is 1. The molecule has 0 saturated carbocycles. The number of fused-ring (bicyclic) bond motifs is 1. The van der Waals surface area contributed by atoms with Crippen molar-refractivity contribution in [3.05, 3.63) is 64.2 Å². The third kappa shape index (κ3) is 4.45. The van der Waals surface area contributed by atoms with Crippen molar-refractivity contribution in [3.63, 3.8) is 0 Å². The van der Waals surface area contributed by atoms with Gasteiger partial charge < -0.3 is 19.8 Å². The number of anilines is 1. The van der Waals surface area contributed by atoms with Gasteiger partial charge >= 0.3 is 0 Å². The van der Waals surface area contributed by atoms with Crippen molar-refractivity contribution in [2.45, 2.75) is 5.75 Å². The number of nitrogens with one attached hydrogen (secondary N) is 2. The number of ether oxygens (including phenoxy) is 2. The largest absolute Gasteiger partial charge is 0.497 e. The van der Waals surface area contributed by atoms with E-state index in [2.05, 4.69) is 10.3 Å². The van der Waals surface area contributed by atoms with Crippen LogP contribution in [-0.4, -0.2) is 30.9 Å². The van der Waals surface area contributed by atoms with Crippen LogP contribution in [0, 0.1) is 5.82 Å². The Morgan fingerprint density at radius 2 is 2.00 bits per heavy atom. The summed E-state index contributed by atoms with van der Waals surface area (Å²) in [5.74, 6) is 0.920. The lowest BCUT2D eigenvalue weighted by atomic mass is 10.2. The molecule has 146 valence electrons. The van der Waals surface area contributed by atoms with Crippen LogP contribution in [0.25, 0.3) is 10.9 Å². The summed E-state index contributed by atoms with van der Waals surface area (Å²) in [6.07, 6.45) is 0. The zero-order valence-electron chi connectivity index (χ0n) is 15.4. The Kier molecular flexibility index (Phi) is 6.20. The molecule has 2 aromatic carbocycles. The van der Waals surface area contributed by atoms with Crippen LogP contribution < -0.4 is 20.2 Å². The lowest BCUT2D eigenvalue weighted by Crippen LogP contribution is -2.15. The minimum atomic E-state index is -0.482. The molecule has 0 fully saturated rings. The van der Waals surface area contributed by atoms with Gasteiger partial charge in [0.25, 0.3) is 0 Å². The lowest BCUT2D eigenvalue weighted by molar-refractivity contribution is -0.113. The average molecular weight is 402 g/mol. The van der Waals surface area contributed by atoms with E-state index in [0.717, 1.165) is 0 Å². The Morgan fingerprint density at radius 1 is 1.18 bits per heavy atom. The number of rotatable bonds is 7. The van der Waals surface area contributed by atoms with E-state index in [1.165, 1.54) is 44.2 Å². The Balaban J connectivity index is 1.64. The summed E-state index contributed by atoms with van der Waals surface area (Å²) >= 11 is 1.30. The van der Waals surface area contributed by atoms with E-state index < -0.39 is 5.82 Å². The molecule has 0 atom stereocenters. The predicted octanol–water partition coefficient (Wildman–Crippen LogP) is 3.56. The number of amides is 1. The van der Waals surface area contributed by atoms with Gasteiger partial charge in [0.05, 0.1) is 31.2 Å². The van der Waals surface area contributed by atoms with Crippen LogP contribution in [0.1, 0.15) is 5.69 Å². The van der Waals surface area contributed by atoms with Crippen LogP contribution >= 0.6 is 11.8 Å². The van der Waals surface area contributed by atoms with Crippen molar-refractivity contribution in [1.82, 2.24) is 4.98 Å². The normalized spacial score (nSPS) is 10.7. The number of thioether (sulfide) groups is 1. The van der Waals surface area contributed by atoms with Crippen LogP contribution in [0.15, 0.2) is 47.3 Å². The van der Waals surface area contributed by atoms with E-state index in [9.17, 15) is 14.0 Å². The Hall–Kier alpha value is -3.00. The predicted molar refractivity (Wildman–Crippen MR) is 109 cm³/mol. The summed E-state index contributed by atoms with van der Waals surface area (Å²) in [4.78, 5) is 27.3. The number of hydrogen-bond acceptors (Lipinski definition) is 5. The number of para-hydroxylation sites is 1. The van der Waals surface area contributed by atoms with E-state index in [-0.39, 0.29) is 22.6 Å². The van der Waals surface area contributed by atoms with Crippen molar-refractivity contribution in [2.24, 2.45) is 0 Å². The van der Waals surface area contributed by atoms with Crippen LogP contribution in [0.4, 0.5) is 10.1 Å². The first kappa shape index (κ1) is 19.8. The van der Waals surface area contributed by atoms with Gasteiger partial charge in [0, 0.05) is 29.0 Å². The number of hydrogen-bond donors (Lipinski definition) is 2. The van der Waals surface area contributed by atoms with Crippen LogP contribution in [0.3, 0.4) is 0 Å². The first-order chi connectivity index (χ1) is 13.5. The molecular weight excluding hydrogens is 383 g/mol. The zero-order chi connectivity index (χ0) is 20.1. The van der Waals surface area contributed by atoms with Gasteiger partial charge in [0.15, 0.2) is 5.43 Å². The average Bonchev–Trinajstić information content (AvgIpc) is 2.69. The molecule has 2 N–H and O–H groups in total. The molecule has 0 spiro atoms. The van der Waals surface area contributed by atoms with Gasteiger partial charge in [-0.15, -0.1) is 11.8 Å². The molecule has 3 rings (SSSR count). The molecule has 0 aliphatic rings. The molecule has 3 aromatic rings. The molecule has 28 heavy (non-hydrogen) atoms. The summed E-state index contributed by atoms with van der Waals surface area (Å²) in [5, 5.41) is 3.08. The van der Waals surface area contributed by atoms with Crippen molar-refractivity contribution in [3.8, 4) is 11.5 Å². The fraction of sp³-hybridized carbons (Fsp3) is 0.200. The van der Waals surface area contributed by atoms with Crippen LogP contribution in [0.2, 0.25) is 0 Å². The monoisotopic (exact) mass is 402 g/mol. The topological polar surface area (TPSA) is 80.4 Å². The van der Waals surface area contributed by atoms with E-state index in [1.807, 2.05) is 0 Å². The third-order valence-electron chi connectivity index (χ3n) is 4.04. The molecule has 0 bridgehead atoms. The van der Waals surface area contributed by atoms with Gasteiger partial charge in [0.1, 0.15) is 17.3 Å². The molecule has 1 heterocycles. The standard InChI is InChI=1S/C20H19FN2O4S/c1-26-13-6-7-18(27-2)16(9-13)23-19(25)11-28-10-12-8-17(24)14-4-3-5-15(21)20(14)22-12/h3-9H,10-11H2,1-2H3,(H,22,24)(H,23,25). The number of carbonyl (C=O) groups is 1. The molecule has 0 saturated heterocycles. The second kappa shape index (κ2) is 8.79. The first-order valence-electron chi connectivity index (χ1n) is 8.42. The number of benzene rings is 2. The number of aromatic nitrogens is 1. The van der Waals surface area contributed by atoms with Gasteiger partial charge in [-0.3, -0.25) is 9.59 Å². The second-order valence-corrected chi connectivity index (χ2v) is 6.91. The third-order valence-corrected chi connectivity index (χ3v) is 5.02. The Morgan fingerprint density at radius 3 is 2.75 bits per heavy atom. The number of aromatic amines is 1. The van der Waals surface area contributed by atoms with Crippen molar-refractivity contribution >= 4 is 34.3 Å². The van der Waals surface area contributed by atoms with Crippen molar-refractivity contribution in [2.75, 3.05) is 25.3 Å². The van der Waals surface area contributed by atoms with Crippen LogP contribution in [0.5, 0.6) is 11.5 Å². The summed E-state index contributed by atoms with van der Waals surface area (Å²) < 4.78 is 24.3. The molecule has 8 heteroatoms. The highest BCUT2D eigenvalue weighted by molar-refractivity contribution is 7.99. The van der Waals surface area contributed by atoms with Gasteiger partial charge in [0.2, 0.25) is 5.91 Å². The molecule has 0 unspecified atom stereocenters. The zero-order valence-corrected chi connectivity index (χ0v) is 16.2. The van der Waals surface area contributed by atoms with Gasteiger partial charge in [-0.1, -0.05) is 6.07 Å². The van der Waals surface area contributed by atoms with Gasteiger partial charge in [-0.05, 0) is 24.3 Å². The van der Waals surface area contributed by atoms with Gasteiger partial charge in [-0.25, -0.2) is 4.39 Å². The quantitative estimate of drug-likeness (QED) is 0.632. The maximum absolute atomic E-state index is 13.9. The van der Waals surface area contributed by atoms with Gasteiger partial charge in [-0.2, -0.15) is 0 Å². The number of H-pyrrole nitrogens is 1.